The standard InChI is InChI=1S/C19H20BrFN2O2/c1-3-23-12-14(25-18-7-5-4-6-17(18)23)11-22(2)19(24)15-10-13(20)8-9-16(15)21/h4-10,14H,3,11-12H2,1-2H3/t14-/m0/s1. The molecule has 2 aromatic carbocycles. The minimum atomic E-state index is -0.523. The van der Waals surface area contributed by atoms with Gasteiger partial charge < -0.3 is 14.5 Å². The number of likely N-dealkylation sites (N-methyl/N-ethyl adjacent to an activating group) is 2. The molecule has 0 aromatic heterocycles. The molecule has 1 amide bonds. The maximum Gasteiger partial charge on any atom is 0.256 e. The van der Waals surface area contributed by atoms with Crippen LogP contribution in [0.25, 0.3) is 0 Å². The SMILES string of the molecule is CCN1C[C@H](CN(C)C(=O)c2cc(Br)ccc2F)Oc2ccccc21. The maximum atomic E-state index is 14.0. The number of carbonyl (C=O) groups excluding carboxylic acids is 1. The van der Waals surface area contributed by atoms with Crippen LogP contribution in [0.3, 0.4) is 0 Å². The molecular weight excluding hydrogens is 387 g/mol. The molecule has 0 saturated heterocycles. The van der Waals surface area contributed by atoms with Crippen LogP contribution >= 0.6 is 15.9 Å². The predicted molar refractivity (Wildman–Crippen MR) is 99.8 cm³/mol. The van der Waals surface area contributed by atoms with Gasteiger partial charge in [0.15, 0.2) is 0 Å². The Kier molecular flexibility index (Phi) is 5.27. The van der Waals surface area contributed by atoms with E-state index < -0.39 is 5.82 Å². The molecule has 0 fully saturated rings. The molecule has 25 heavy (non-hydrogen) atoms. The van der Waals surface area contributed by atoms with Crippen molar-refractivity contribution in [1.29, 1.82) is 0 Å². The number of hydrogen-bond acceptors (Lipinski definition) is 3. The lowest BCUT2D eigenvalue weighted by molar-refractivity contribution is 0.0705. The van der Waals surface area contributed by atoms with Crippen molar-refractivity contribution in [2.45, 2.75) is 13.0 Å². The van der Waals surface area contributed by atoms with Crippen LogP contribution in [0.1, 0.15) is 17.3 Å². The molecule has 0 N–H and O–H groups in total. The summed E-state index contributed by atoms with van der Waals surface area (Å²) in [6, 6.07) is 12.2. The highest BCUT2D eigenvalue weighted by Crippen LogP contribution is 2.33. The van der Waals surface area contributed by atoms with Crippen LogP contribution in [0.4, 0.5) is 10.1 Å². The molecule has 1 aliphatic rings. The predicted octanol–water partition coefficient (Wildman–Crippen LogP) is 3.95. The number of ether oxygens (including phenoxy) is 1. The zero-order chi connectivity index (χ0) is 18.0. The van der Waals surface area contributed by atoms with Crippen molar-refractivity contribution >= 4 is 27.5 Å². The molecule has 0 radical (unpaired) electrons. The third-order valence-electron chi connectivity index (χ3n) is 4.29. The fourth-order valence-corrected chi connectivity index (χ4v) is 3.39. The zero-order valence-corrected chi connectivity index (χ0v) is 15.8. The van der Waals surface area contributed by atoms with E-state index in [1.54, 1.807) is 13.1 Å². The summed E-state index contributed by atoms with van der Waals surface area (Å²) in [6.07, 6.45) is -0.168. The summed E-state index contributed by atoms with van der Waals surface area (Å²) < 4.78 is 20.7. The molecule has 6 heteroatoms. The molecule has 1 atom stereocenters. The molecule has 0 unspecified atom stereocenters. The van der Waals surface area contributed by atoms with Crippen molar-refractivity contribution in [3.63, 3.8) is 0 Å². The van der Waals surface area contributed by atoms with Gasteiger partial charge >= 0.3 is 0 Å². The lowest BCUT2D eigenvalue weighted by atomic mass is 10.1. The minimum Gasteiger partial charge on any atom is -0.485 e. The number of carbonyl (C=O) groups is 1. The number of benzene rings is 2. The average Bonchev–Trinajstić information content (AvgIpc) is 2.62. The Bertz CT molecular complexity index is 784. The summed E-state index contributed by atoms with van der Waals surface area (Å²) in [7, 11) is 1.67. The highest BCUT2D eigenvalue weighted by molar-refractivity contribution is 9.10. The van der Waals surface area contributed by atoms with Crippen LogP contribution in [0.15, 0.2) is 46.9 Å². The van der Waals surface area contributed by atoms with Crippen LogP contribution < -0.4 is 9.64 Å². The number of para-hydroxylation sites is 2. The van der Waals surface area contributed by atoms with Crippen LogP contribution in [0, 0.1) is 5.82 Å². The van der Waals surface area contributed by atoms with Crippen molar-refractivity contribution < 1.29 is 13.9 Å². The fourth-order valence-electron chi connectivity index (χ4n) is 3.03. The number of fused-ring (bicyclic) bond motifs is 1. The first-order valence-corrected chi connectivity index (χ1v) is 9.00. The van der Waals surface area contributed by atoms with Gasteiger partial charge in [-0.05, 0) is 37.3 Å². The van der Waals surface area contributed by atoms with Gasteiger partial charge in [0.05, 0.1) is 24.3 Å². The molecule has 0 bridgehead atoms. The Morgan fingerprint density at radius 3 is 2.88 bits per heavy atom. The number of hydrogen-bond donors (Lipinski definition) is 0. The molecule has 1 heterocycles. The number of amides is 1. The lowest BCUT2D eigenvalue weighted by Crippen LogP contribution is -2.46. The van der Waals surface area contributed by atoms with E-state index in [0.29, 0.717) is 17.6 Å². The van der Waals surface area contributed by atoms with E-state index in [4.69, 9.17) is 4.74 Å². The Hall–Kier alpha value is -2.08. The zero-order valence-electron chi connectivity index (χ0n) is 14.2. The fraction of sp³-hybridized carbons (Fsp3) is 0.316. The van der Waals surface area contributed by atoms with E-state index >= 15 is 0 Å². The van der Waals surface area contributed by atoms with Crippen LogP contribution in [0.2, 0.25) is 0 Å². The molecule has 4 nitrogen and oxygen atoms in total. The van der Waals surface area contributed by atoms with Crippen molar-refractivity contribution in [1.82, 2.24) is 4.90 Å². The summed E-state index contributed by atoms with van der Waals surface area (Å²) in [6.45, 7) is 4.02. The van der Waals surface area contributed by atoms with Gasteiger partial charge in [0.1, 0.15) is 17.7 Å². The molecule has 1 aliphatic heterocycles. The van der Waals surface area contributed by atoms with Crippen molar-refractivity contribution in [3.05, 3.63) is 58.3 Å². The summed E-state index contributed by atoms with van der Waals surface area (Å²) in [5.41, 5.74) is 1.12. The van der Waals surface area contributed by atoms with E-state index in [9.17, 15) is 9.18 Å². The van der Waals surface area contributed by atoms with E-state index in [1.807, 2.05) is 24.3 Å². The maximum absolute atomic E-state index is 14.0. The van der Waals surface area contributed by atoms with Gasteiger partial charge in [-0.3, -0.25) is 4.79 Å². The molecule has 2 aromatic rings. The van der Waals surface area contributed by atoms with Crippen LogP contribution in [-0.2, 0) is 0 Å². The van der Waals surface area contributed by atoms with Crippen LogP contribution in [-0.4, -0.2) is 43.6 Å². The second-order valence-corrected chi connectivity index (χ2v) is 6.97. The quantitative estimate of drug-likeness (QED) is 0.770. The Labute approximate surface area is 155 Å². The van der Waals surface area contributed by atoms with Gasteiger partial charge in [0.2, 0.25) is 0 Å². The molecule has 3 rings (SSSR count). The Morgan fingerprint density at radius 2 is 2.12 bits per heavy atom. The topological polar surface area (TPSA) is 32.8 Å². The first-order valence-electron chi connectivity index (χ1n) is 8.20. The first-order chi connectivity index (χ1) is 12.0. The number of nitrogens with zero attached hydrogens (tertiary/aromatic N) is 2. The first kappa shape index (κ1) is 17.7. The number of anilines is 1. The summed E-state index contributed by atoms with van der Waals surface area (Å²) in [5.74, 6) is -0.0652. The van der Waals surface area contributed by atoms with Gasteiger partial charge in [-0.25, -0.2) is 4.39 Å². The van der Waals surface area contributed by atoms with E-state index in [-0.39, 0.29) is 17.6 Å². The third kappa shape index (κ3) is 3.79. The summed E-state index contributed by atoms with van der Waals surface area (Å²) >= 11 is 3.28. The Morgan fingerprint density at radius 1 is 1.36 bits per heavy atom. The van der Waals surface area contributed by atoms with Crippen molar-refractivity contribution in [2.24, 2.45) is 0 Å². The third-order valence-corrected chi connectivity index (χ3v) is 4.78. The smallest absolute Gasteiger partial charge is 0.256 e. The lowest BCUT2D eigenvalue weighted by Gasteiger charge is -2.37. The van der Waals surface area contributed by atoms with Crippen LogP contribution in [0.5, 0.6) is 5.75 Å². The normalized spacial score (nSPS) is 16.2. The van der Waals surface area contributed by atoms with Gasteiger partial charge in [-0.15, -0.1) is 0 Å². The van der Waals surface area contributed by atoms with Gasteiger partial charge in [0, 0.05) is 18.1 Å². The van der Waals surface area contributed by atoms with Crippen molar-refractivity contribution in [3.8, 4) is 5.75 Å². The second-order valence-electron chi connectivity index (χ2n) is 6.06. The number of halogens is 2. The highest BCUT2D eigenvalue weighted by atomic mass is 79.9. The largest absolute Gasteiger partial charge is 0.485 e. The number of rotatable bonds is 4. The van der Waals surface area contributed by atoms with E-state index in [1.165, 1.54) is 17.0 Å². The minimum absolute atomic E-state index is 0.0560. The second kappa shape index (κ2) is 7.44. The monoisotopic (exact) mass is 406 g/mol. The molecular formula is C19H20BrFN2O2. The molecule has 132 valence electrons. The molecule has 0 aliphatic carbocycles. The van der Waals surface area contributed by atoms with Gasteiger partial charge in [-0.2, -0.15) is 0 Å². The molecule has 0 saturated carbocycles. The van der Waals surface area contributed by atoms with Crippen molar-refractivity contribution in [2.75, 3.05) is 31.6 Å². The van der Waals surface area contributed by atoms with Gasteiger partial charge in [-0.1, -0.05) is 28.1 Å². The molecule has 0 spiro atoms. The van der Waals surface area contributed by atoms with E-state index in [0.717, 1.165) is 18.0 Å². The average molecular weight is 407 g/mol. The van der Waals surface area contributed by atoms with Gasteiger partial charge in [0.25, 0.3) is 5.91 Å². The Balaban J connectivity index is 1.74. The summed E-state index contributed by atoms with van der Waals surface area (Å²) in [4.78, 5) is 16.3. The summed E-state index contributed by atoms with van der Waals surface area (Å²) in [5, 5.41) is 0. The van der Waals surface area contributed by atoms with E-state index in [2.05, 4.69) is 27.8 Å². The highest BCUT2D eigenvalue weighted by Gasteiger charge is 2.27.